The van der Waals surface area contributed by atoms with Crippen LogP contribution in [-0.4, -0.2) is 21.8 Å². The molecule has 0 spiro atoms. The Bertz CT molecular complexity index is 1280. The number of carbonyl (C=O) groups is 1. The van der Waals surface area contributed by atoms with Gasteiger partial charge in [-0.2, -0.15) is 0 Å². The Labute approximate surface area is 240 Å². The molecule has 2 heterocycles. The van der Waals surface area contributed by atoms with Crippen molar-refractivity contribution in [1.29, 1.82) is 5.41 Å². The summed E-state index contributed by atoms with van der Waals surface area (Å²) >= 11 is 12.2. The maximum Gasteiger partial charge on any atom is 0.224 e. The number of aryl methyl sites for hydroxylation is 1. The predicted octanol–water partition coefficient (Wildman–Crippen LogP) is 6.73. The molecule has 1 unspecified atom stereocenters. The van der Waals surface area contributed by atoms with Gasteiger partial charge in [-0.05, 0) is 42.0 Å². The van der Waals surface area contributed by atoms with Gasteiger partial charge in [0, 0.05) is 50.6 Å². The molecule has 1 aromatic carbocycles. The van der Waals surface area contributed by atoms with Gasteiger partial charge < -0.3 is 15.4 Å². The van der Waals surface area contributed by atoms with Crippen molar-refractivity contribution in [2.24, 2.45) is 0 Å². The fourth-order valence-electron chi connectivity index (χ4n) is 4.22. The molecule has 2 aromatic heterocycles. The van der Waals surface area contributed by atoms with Crippen molar-refractivity contribution in [2.75, 3.05) is 0 Å². The number of rotatable bonds is 9. The quantitative estimate of drug-likeness (QED) is 0.151. The summed E-state index contributed by atoms with van der Waals surface area (Å²) < 4.78 is 4.79. The molecule has 7 nitrogen and oxygen atoms in total. The number of fused-ring (bicyclic) bond motifs is 1. The molecule has 0 radical (unpaired) electrons. The van der Waals surface area contributed by atoms with Crippen molar-refractivity contribution in [3.8, 4) is 0 Å². The van der Waals surface area contributed by atoms with Gasteiger partial charge >= 0.3 is 0 Å². The Hall–Kier alpha value is -3.26. The lowest BCUT2D eigenvalue weighted by Gasteiger charge is -2.25. The standard InChI is InChI=1S/C24H24Cl2N4O.C6H11NO/c25-20-14-27-15-21(26)19(20)11-23(31)30-13-17-5-1-4-16(10-17)12-29-22-8-2-6-18-7-3-9-28-24(18)22;1-4-5(2)8-6(3)7/h1,3-5,7,9-10,14-15,22,29H,2,6,8,11-13H2,(H,30,31);7H,2,4H2,1,3H3. The van der Waals surface area contributed by atoms with E-state index in [2.05, 4.69) is 45.4 Å². The molecule has 1 amide bonds. The van der Waals surface area contributed by atoms with Crippen LogP contribution in [-0.2, 0) is 35.5 Å². The maximum atomic E-state index is 12.4. The summed E-state index contributed by atoms with van der Waals surface area (Å²) in [5.74, 6) is 0.720. The monoisotopic (exact) mass is 567 g/mol. The zero-order valence-corrected chi connectivity index (χ0v) is 23.9. The maximum absolute atomic E-state index is 12.4. The van der Waals surface area contributed by atoms with Gasteiger partial charge in [0.2, 0.25) is 5.91 Å². The van der Waals surface area contributed by atoms with Crippen LogP contribution < -0.4 is 10.6 Å². The van der Waals surface area contributed by atoms with Crippen molar-refractivity contribution in [2.45, 2.75) is 65.1 Å². The molecule has 0 saturated heterocycles. The second kappa shape index (κ2) is 15.4. The van der Waals surface area contributed by atoms with E-state index in [0.29, 0.717) is 27.9 Å². The number of aromatic nitrogens is 2. The lowest BCUT2D eigenvalue weighted by atomic mass is 9.92. The van der Waals surface area contributed by atoms with E-state index >= 15 is 0 Å². The number of halogens is 2. The van der Waals surface area contributed by atoms with E-state index in [9.17, 15) is 4.79 Å². The lowest BCUT2D eigenvalue weighted by molar-refractivity contribution is -0.120. The molecule has 39 heavy (non-hydrogen) atoms. The molecule has 1 aliphatic carbocycles. The summed E-state index contributed by atoms with van der Waals surface area (Å²) in [4.78, 5) is 20.9. The van der Waals surface area contributed by atoms with Gasteiger partial charge in [0.15, 0.2) is 5.90 Å². The highest BCUT2D eigenvalue weighted by atomic mass is 35.5. The average molecular weight is 569 g/mol. The molecule has 3 aromatic rings. The molecule has 0 aliphatic heterocycles. The summed E-state index contributed by atoms with van der Waals surface area (Å²) in [6.07, 6.45) is 9.12. The van der Waals surface area contributed by atoms with Crippen LogP contribution in [0.5, 0.6) is 0 Å². The van der Waals surface area contributed by atoms with Crippen LogP contribution in [0.15, 0.2) is 67.3 Å². The van der Waals surface area contributed by atoms with Crippen molar-refractivity contribution in [1.82, 2.24) is 20.6 Å². The van der Waals surface area contributed by atoms with E-state index in [4.69, 9.17) is 33.3 Å². The third kappa shape index (κ3) is 9.77. The molecule has 0 bridgehead atoms. The topological polar surface area (TPSA) is 100.0 Å². The van der Waals surface area contributed by atoms with Crippen LogP contribution in [0.3, 0.4) is 0 Å². The van der Waals surface area contributed by atoms with Crippen molar-refractivity contribution in [3.05, 3.63) is 105 Å². The lowest BCUT2D eigenvalue weighted by Crippen LogP contribution is -2.26. The van der Waals surface area contributed by atoms with E-state index in [1.54, 1.807) is 6.92 Å². The minimum atomic E-state index is -0.136. The fraction of sp³-hybridized carbons (Fsp3) is 0.333. The summed E-state index contributed by atoms with van der Waals surface area (Å²) in [5, 5.41) is 14.2. The molecule has 9 heteroatoms. The molecule has 206 valence electrons. The number of benzene rings is 1. The molecular formula is C30H35Cl2N5O2. The number of ether oxygens (including phenoxy) is 1. The third-order valence-electron chi connectivity index (χ3n) is 6.21. The number of hydrogen-bond acceptors (Lipinski definition) is 6. The number of allylic oxidation sites excluding steroid dienone is 1. The summed E-state index contributed by atoms with van der Waals surface area (Å²) in [6.45, 7) is 8.27. The van der Waals surface area contributed by atoms with Crippen LogP contribution in [0, 0.1) is 5.41 Å². The summed E-state index contributed by atoms with van der Waals surface area (Å²) in [7, 11) is 0. The molecule has 1 atom stereocenters. The highest BCUT2D eigenvalue weighted by molar-refractivity contribution is 6.36. The zero-order valence-electron chi connectivity index (χ0n) is 22.4. The molecular weight excluding hydrogens is 533 g/mol. The van der Waals surface area contributed by atoms with Crippen LogP contribution in [0.1, 0.15) is 67.1 Å². The van der Waals surface area contributed by atoms with Crippen LogP contribution in [0.2, 0.25) is 10.0 Å². The number of amides is 1. The Balaban J connectivity index is 0.000000459. The minimum Gasteiger partial charge on any atom is -0.449 e. The van der Waals surface area contributed by atoms with Crippen LogP contribution in [0.25, 0.3) is 0 Å². The highest BCUT2D eigenvalue weighted by Gasteiger charge is 2.20. The van der Waals surface area contributed by atoms with E-state index in [-0.39, 0.29) is 24.3 Å². The third-order valence-corrected chi connectivity index (χ3v) is 6.86. The highest BCUT2D eigenvalue weighted by Crippen LogP contribution is 2.28. The smallest absolute Gasteiger partial charge is 0.224 e. The van der Waals surface area contributed by atoms with E-state index in [0.717, 1.165) is 31.4 Å². The Morgan fingerprint density at radius 3 is 2.54 bits per heavy atom. The first kappa shape index (κ1) is 30.3. The zero-order chi connectivity index (χ0) is 28.2. The van der Waals surface area contributed by atoms with E-state index in [1.807, 2.05) is 31.3 Å². The second-order valence-electron chi connectivity index (χ2n) is 9.28. The van der Waals surface area contributed by atoms with Gasteiger partial charge in [-0.3, -0.25) is 20.2 Å². The Morgan fingerprint density at radius 2 is 1.87 bits per heavy atom. The van der Waals surface area contributed by atoms with Crippen molar-refractivity contribution in [3.63, 3.8) is 0 Å². The summed E-state index contributed by atoms with van der Waals surface area (Å²) in [5.41, 5.74) is 5.33. The predicted molar refractivity (Wildman–Crippen MR) is 157 cm³/mol. The van der Waals surface area contributed by atoms with E-state index < -0.39 is 0 Å². The number of nitrogens with one attached hydrogen (secondary N) is 3. The van der Waals surface area contributed by atoms with Gasteiger partial charge in [-0.1, -0.05) is 67.0 Å². The molecule has 1 aliphatic rings. The normalized spacial score (nSPS) is 13.9. The van der Waals surface area contributed by atoms with Gasteiger partial charge in [0.25, 0.3) is 0 Å². The van der Waals surface area contributed by atoms with Crippen LogP contribution in [0.4, 0.5) is 0 Å². The van der Waals surface area contributed by atoms with Gasteiger partial charge in [-0.25, -0.2) is 0 Å². The second-order valence-corrected chi connectivity index (χ2v) is 10.1. The van der Waals surface area contributed by atoms with Gasteiger partial charge in [-0.15, -0.1) is 0 Å². The van der Waals surface area contributed by atoms with Crippen LogP contribution >= 0.6 is 23.2 Å². The first-order valence-electron chi connectivity index (χ1n) is 13.0. The molecule has 0 saturated carbocycles. The van der Waals surface area contributed by atoms with Gasteiger partial charge in [0.05, 0.1) is 34.0 Å². The molecule has 4 rings (SSSR count). The number of carbonyl (C=O) groups excluding carboxylic acids is 1. The van der Waals surface area contributed by atoms with E-state index in [1.165, 1.54) is 35.6 Å². The van der Waals surface area contributed by atoms with Crippen molar-refractivity contribution < 1.29 is 9.53 Å². The fourth-order valence-corrected chi connectivity index (χ4v) is 4.72. The first-order chi connectivity index (χ1) is 18.8. The van der Waals surface area contributed by atoms with Crippen molar-refractivity contribution >= 4 is 35.0 Å². The first-order valence-corrected chi connectivity index (χ1v) is 13.7. The minimum absolute atomic E-state index is 0.121. The Morgan fingerprint density at radius 1 is 1.15 bits per heavy atom. The molecule has 3 N–H and O–H groups in total. The SMILES string of the molecule is C=C(CC)OC(C)=N.O=C(Cc1c(Cl)cncc1Cl)NCc1cccc(CNC2CCCc3cccnc32)c1. The Kier molecular flexibility index (Phi) is 11.9. The molecule has 0 fully saturated rings. The number of pyridine rings is 2. The average Bonchev–Trinajstić information content (AvgIpc) is 2.93. The summed E-state index contributed by atoms with van der Waals surface area (Å²) in [6, 6.07) is 12.7. The van der Waals surface area contributed by atoms with Gasteiger partial charge in [0.1, 0.15) is 0 Å². The number of nitrogens with zero attached hydrogens (tertiary/aromatic N) is 2. The largest absolute Gasteiger partial charge is 0.449 e. The number of hydrogen-bond donors (Lipinski definition) is 3.